The molecule has 1 aromatic carbocycles. The Kier molecular flexibility index (Phi) is 11.3. The first kappa shape index (κ1) is 26.4. The predicted molar refractivity (Wildman–Crippen MR) is 126 cm³/mol. The Morgan fingerprint density at radius 3 is 2.59 bits per heavy atom. The highest BCUT2D eigenvalue weighted by Crippen LogP contribution is 2.32. The lowest BCUT2D eigenvalue weighted by molar-refractivity contribution is -0.121. The van der Waals surface area contributed by atoms with E-state index in [1.807, 2.05) is 12.1 Å². The van der Waals surface area contributed by atoms with Crippen molar-refractivity contribution in [1.29, 1.82) is 0 Å². The molecule has 0 aliphatic heterocycles. The second-order valence-electron chi connectivity index (χ2n) is 9.31. The van der Waals surface area contributed by atoms with Gasteiger partial charge in [-0.15, -0.1) is 0 Å². The summed E-state index contributed by atoms with van der Waals surface area (Å²) in [6.07, 6.45) is 4.38. The molecule has 1 aliphatic carbocycles. The summed E-state index contributed by atoms with van der Waals surface area (Å²) in [5, 5.41) is 13.3. The molecule has 0 bridgehead atoms. The lowest BCUT2D eigenvalue weighted by Crippen LogP contribution is -2.45. The Hall–Kier alpha value is -1.83. The lowest BCUT2D eigenvalue weighted by atomic mass is 9.83. The van der Waals surface area contributed by atoms with Gasteiger partial charge in [0.1, 0.15) is 0 Å². The fourth-order valence-corrected chi connectivity index (χ4v) is 3.77. The molecule has 7 nitrogen and oxygen atoms in total. The van der Waals surface area contributed by atoms with Gasteiger partial charge >= 0.3 is 0 Å². The molecule has 4 N–H and O–H groups in total. The molecular weight excluding hydrogens is 408 g/mol. The van der Waals surface area contributed by atoms with Crippen molar-refractivity contribution in [2.75, 3.05) is 34.0 Å². The summed E-state index contributed by atoms with van der Waals surface area (Å²) in [5.41, 5.74) is 7.47. The van der Waals surface area contributed by atoms with Crippen molar-refractivity contribution in [3.63, 3.8) is 0 Å². The summed E-state index contributed by atoms with van der Waals surface area (Å²) in [5.74, 6) is 2.66. The topological polar surface area (TPSA) is 103 Å². The number of aliphatic hydroxyl groups is 1. The number of nitrogens with two attached hydrogens (primary N) is 1. The average Bonchev–Trinajstić information content (AvgIpc) is 3.58. The smallest absolute Gasteiger partial charge is 0.220 e. The van der Waals surface area contributed by atoms with Gasteiger partial charge in [-0.05, 0) is 61.1 Å². The molecule has 1 saturated carbocycles. The number of aliphatic hydroxyl groups excluding tert-OH is 1. The molecule has 1 aliphatic rings. The maximum Gasteiger partial charge on any atom is 0.220 e. The molecule has 7 heteroatoms. The van der Waals surface area contributed by atoms with Crippen LogP contribution in [0, 0.1) is 17.8 Å². The molecule has 0 heterocycles. The van der Waals surface area contributed by atoms with Gasteiger partial charge in [0.15, 0.2) is 11.5 Å². The van der Waals surface area contributed by atoms with Crippen LogP contribution in [0.4, 0.5) is 0 Å². The minimum Gasteiger partial charge on any atom is -0.493 e. The Morgan fingerprint density at radius 1 is 1.22 bits per heavy atom. The molecule has 32 heavy (non-hydrogen) atoms. The molecule has 3 atom stereocenters. The van der Waals surface area contributed by atoms with E-state index >= 15 is 0 Å². The molecule has 0 saturated heterocycles. The first-order valence-corrected chi connectivity index (χ1v) is 11.8. The number of carbonyl (C=O) groups is 1. The average molecular weight is 451 g/mol. The van der Waals surface area contributed by atoms with E-state index in [-0.39, 0.29) is 18.4 Å². The Bertz CT molecular complexity index is 693. The summed E-state index contributed by atoms with van der Waals surface area (Å²) in [7, 11) is 3.31. The number of benzene rings is 1. The SMILES string of the molecule is COCCCOc1cc(CC(CC(N)C(O)CNC(=O)CC2CC2)C(C)C)ccc1OC. The van der Waals surface area contributed by atoms with Crippen LogP contribution in [0.3, 0.4) is 0 Å². The summed E-state index contributed by atoms with van der Waals surface area (Å²) in [4.78, 5) is 11.9. The van der Waals surface area contributed by atoms with Gasteiger partial charge in [0.05, 0.1) is 19.8 Å². The number of ether oxygens (including phenoxy) is 3. The van der Waals surface area contributed by atoms with Crippen molar-refractivity contribution in [1.82, 2.24) is 5.32 Å². The maximum absolute atomic E-state index is 11.9. The van der Waals surface area contributed by atoms with Crippen molar-refractivity contribution in [3.8, 4) is 11.5 Å². The van der Waals surface area contributed by atoms with Gasteiger partial charge < -0.3 is 30.4 Å². The number of hydrogen-bond acceptors (Lipinski definition) is 6. The van der Waals surface area contributed by atoms with Crippen LogP contribution in [0.2, 0.25) is 0 Å². The zero-order chi connectivity index (χ0) is 23.5. The fraction of sp³-hybridized carbons (Fsp3) is 0.720. The normalized spacial score (nSPS) is 16.5. The molecule has 2 rings (SSSR count). The monoisotopic (exact) mass is 450 g/mol. The zero-order valence-electron chi connectivity index (χ0n) is 20.1. The van der Waals surface area contributed by atoms with Crippen LogP contribution in [0.5, 0.6) is 11.5 Å². The highest BCUT2D eigenvalue weighted by Gasteiger charge is 2.26. The van der Waals surface area contributed by atoms with Crippen LogP contribution in [-0.4, -0.2) is 57.1 Å². The van der Waals surface area contributed by atoms with Crippen LogP contribution in [0.1, 0.15) is 51.5 Å². The second kappa shape index (κ2) is 13.7. The quantitative estimate of drug-likeness (QED) is 0.335. The molecule has 1 fully saturated rings. The maximum atomic E-state index is 11.9. The summed E-state index contributed by atoms with van der Waals surface area (Å²) in [6.45, 7) is 5.77. The molecule has 0 aromatic heterocycles. The Labute approximate surface area is 193 Å². The summed E-state index contributed by atoms with van der Waals surface area (Å²) >= 11 is 0. The Morgan fingerprint density at radius 2 is 1.97 bits per heavy atom. The number of nitrogens with one attached hydrogen (secondary N) is 1. The van der Waals surface area contributed by atoms with E-state index in [2.05, 4.69) is 25.2 Å². The highest BCUT2D eigenvalue weighted by atomic mass is 16.5. The van der Waals surface area contributed by atoms with Gasteiger partial charge in [-0.25, -0.2) is 0 Å². The number of amides is 1. The van der Waals surface area contributed by atoms with Gasteiger partial charge in [-0.3, -0.25) is 4.79 Å². The van der Waals surface area contributed by atoms with Gasteiger partial charge in [0, 0.05) is 39.1 Å². The van der Waals surface area contributed by atoms with E-state index in [4.69, 9.17) is 19.9 Å². The van der Waals surface area contributed by atoms with Gasteiger partial charge in [-0.2, -0.15) is 0 Å². The standard InChI is InChI=1S/C25H42N2O5/c1-17(2)20(15-21(26)22(28)16-27-25(29)14-18-6-7-18)12-19-8-9-23(31-4)24(13-19)32-11-5-10-30-3/h8-9,13,17-18,20-22,28H,5-7,10-12,14-16,26H2,1-4H3,(H,27,29). The van der Waals surface area contributed by atoms with Crippen LogP contribution >= 0.6 is 0 Å². The molecule has 1 amide bonds. The third-order valence-corrected chi connectivity index (χ3v) is 6.17. The number of methoxy groups -OCH3 is 2. The third-order valence-electron chi connectivity index (χ3n) is 6.17. The van der Waals surface area contributed by atoms with Crippen molar-refractivity contribution in [2.24, 2.45) is 23.5 Å². The highest BCUT2D eigenvalue weighted by molar-refractivity contribution is 5.76. The van der Waals surface area contributed by atoms with Gasteiger partial charge in [0.2, 0.25) is 5.91 Å². The van der Waals surface area contributed by atoms with Crippen molar-refractivity contribution >= 4 is 5.91 Å². The number of carbonyl (C=O) groups excluding carboxylic acids is 1. The van der Waals surface area contributed by atoms with Gasteiger partial charge in [0.25, 0.3) is 0 Å². The van der Waals surface area contributed by atoms with Crippen molar-refractivity contribution in [3.05, 3.63) is 23.8 Å². The molecule has 3 unspecified atom stereocenters. The first-order valence-electron chi connectivity index (χ1n) is 11.8. The largest absolute Gasteiger partial charge is 0.493 e. The van der Waals surface area contributed by atoms with Crippen molar-refractivity contribution < 1.29 is 24.1 Å². The minimum absolute atomic E-state index is 0.00965. The van der Waals surface area contributed by atoms with E-state index in [1.165, 1.54) is 0 Å². The van der Waals surface area contributed by atoms with E-state index in [0.717, 1.165) is 37.0 Å². The fourth-order valence-electron chi connectivity index (χ4n) is 3.77. The van der Waals surface area contributed by atoms with E-state index in [9.17, 15) is 9.90 Å². The number of hydrogen-bond donors (Lipinski definition) is 3. The summed E-state index contributed by atoms with van der Waals surface area (Å²) in [6, 6.07) is 5.62. The van der Waals surface area contributed by atoms with Crippen LogP contribution in [0.25, 0.3) is 0 Å². The zero-order valence-corrected chi connectivity index (χ0v) is 20.1. The first-order chi connectivity index (χ1) is 15.3. The third kappa shape index (κ3) is 9.35. The lowest BCUT2D eigenvalue weighted by Gasteiger charge is -2.27. The van der Waals surface area contributed by atoms with E-state index < -0.39 is 12.1 Å². The summed E-state index contributed by atoms with van der Waals surface area (Å²) < 4.78 is 16.4. The molecule has 0 spiro atoms. The van der Waals surface area contributed by atoms with E-state index in [1.54, 1.807) is 14.2 Å². The molecular formula is C25H42N2O5. The number of rotatable bonds is 16. The second-order valence-corrected chi connectivity index (χ2v) is 9.31. The minimum atomic E-state index is -0.755. The van der Waals surface area contributed by atoms with Crippen molar-refractivity contribution in [2.45, 2.75) is 64.5 Å². The van der Waals surface area contributed by atoms with Gasteiger partial charge in [-0.1, -0.05) is 19.9 Å². The van der Waals surface area contributed by atoms with Crippen LogP contribution in [-0.2, 0) is 16.0 Å². The van der Waals surface area contributed by atoms with Crippen LogP contribution < -0.4 is 20.5 Å². The predicted octanol–water partition coefficient (Wildman–Crippen LogP) is 2.92. The van der Waals surface area contributed by atoms with Crippen LogP contribution in [0.15, 0.2) is 18.2 Å². The molecule has 1 aromatic rings. The molecule has 182 valence electrons. The van der Waals surface area contributed by atoms with E-state index in [0.29, 0.717) is 43.6 Å². The Balaban J connectivity index is 1.91. The molecule has 0 radical (unpaired) electrons.